The largest absolute Gasteiger partial charge is 0.327 e. The van der Waals surface area contributed by atoms with Gasteiger partial charge in [0.15, 0.2) is 0 Å². The number of hydrogen-bond acceptors (Lipinski definition) is 1. The molecule has 1 aliphatic carbocycles. The Morgan fingerprint density at radius 2 is 2.07 bits per heavy atom. The number of hydrogen-bond donors (Lipinski definition) is 1. The Morgan fingerprint density at radius 1 is 1.40 bits per heavy atom. The van der Waals surface area contributed by atoms with Crippen molar-refractivity contribution >= 4 is 0 Å². The molecular formula is C14H29N. The minimum Gasteiger partial charge on any atom is -0.327 e. The van der Waals surface area contributed by atoms with E-state index in [4.69, 9.17) is 5.73 Å². The molecule has 0 aliphatic heterocycles. The van der Waals surface area contributed by atoms with Gasteiger partial charge in [0, 0.05) is 6.04 Å². The second kappa shape index (κ2) is 5.34. The highest BCUT2D eigenvalue weighted by Gasteiger charge is 2.38. The summed E-state index contributed by atoms with van der Waals surface area (Å²) in [5, 5.41) is 0. The van der Waals surface area contributed by atoms with Gasteiger partial charge in [0.2, 0.25) is 0 Å². The third-order valence-electron chi connectivity index (χ3n) is 4.31. The minimum atomic E-state index is 0.434. The van der Waals surface area contributed by atoms with Crippen molar-refractivity contribution in [1.82, 2.24) is 0 Å². The molecule has 1 rings (SSSR count). The van der Waals surface area contributed by atoms with Crippen LogP contribution in [0.4, 0.5) is 0 Å². The predicted molar refractivity (Wildman–Crippen MR) is 67.8 cm³/mol. The molecule has 0 radical (unpaired) electrons. The van der Waals surface area contributed by atoms with Crippen LogP contribution >= 0.6 is 0 Å². The van der Waals surface area contributed by atoms with E-state index in [1.165, 1.54) is 38.5 Å². The van der Waals surface area contributed by atoms with Crippen molar-refractivity contribution in [3.8, 4) is 0 Å². The fourth-order valence-electron chi connectivity index (χ4n) is 3.39. The van der Waals surface area contributed by atoms with Gasteiger partial charge in [-0.25, -0.2) is 0 Å². The lowest BCUT2D eigenvalue weighted by atomic mass is 9.75. The Kier molecular flexibility index (Phi) is 4.64. The summed E-state index contributed by atoms with van der Waals surface area (Å²) in [4.78, 5) is 0. The van der Waals surface area contributed by atoms with Gasteiger partial charge in [-0.2, -0.15) is 0 Å². The molecule has 1 nitrogen and oxygen atoms in total. The van der Waals surface area contributed by atoms with Crippen molar-refractivity contribution in [2.45, 2.75) is 72.3 Å². The van der Waals surface area contributed by atoms with Gasteiger partial charge >= 0.3 is 0 Å². The minimum absolute atomic E-state index is 0.434. The monoisotopic (exact) mass is 211 g/mol. The van der Waals surface area contributed by atoms with Gasteiger partial charge in [-0.3, -0.25) is 0 Å². The summed E-state index contributed by atoms with van der Waals surface area (Å²) in [5.74, 6) is 1.57. The first-order valence-electron chi connectivity index (χ1n) is 6.73. The Labute approximate surface area is 95.8 Å². The Morgan fingerprint density at radius 3 is 2.53 bits per heavy atom. The Balaban J connectivity index is 2.42. The molecule has 1 fully saturated rings. The normalized spacial score (nSPS) is 29.0. The van der Waals surface area contributed by atoms with E-state index in [0.717, 1.165) is 11.8 Å². The van der Waals surface area contributed by atoms with Crippen LogP contribution in [0.2, 0.25) is 0 Å². The zero-order chi connectivity index (χ0) is 11.5. The van der Waals surface area contributed by atoms with E-state index in [2.05, 4.69) is 27.7 Å². The lowest BCUT2D eigenvalue weighted by molar-refractivity contribution is 0.201. The molecule has 0 saturated heterocycles. The van der Waals surface area contributed by atoms with Gasteiger partial charge in [0.1, 0.15) is 0 Å². The SMILES string of the molecule is CCCC(C)CC(N)C1CCCC1(C)C. The summed E-state index contributed by atoms with van der Waals surface area (Å²) in [5.41, 5.74) is 6.88. The topological polar surface area (TPSA) is 26.0 Å². The molecule has 0 aromatic rings. The number of nitrogens with two attached hydrogens (primary N) is 1. The third-order valence-corrected chi connectivity index (χ3v) is 4.31. The van der Waals surface area contributed by atoms with E-state index in [-0.39, 0.29) is 0 Å². The van der Waals surface area contributed by atoms with Crippen molar-refractivity contribution in [3.05, 3.63) is 0 Å². The average molecular weight is 211 g/mol. The summed E-state index contributed by atoms with van der Waals surface area (Å²) in [6.45, 7) is 9.41. The molecule has 2 N–H and O–H groups in total. The maximum atomic E-state index is 6.39. The molecule has 0 heterocycles. The van der Waals surface area contributed by atoms with Gasteiger partial charge in [-0.1, -0.05) is 47.0 Å². The van der Waals surface area contributed by atoms with Gasteiger partial charge < -0.3 is 5.73 Å². The maximum Gasteiger partial charge on any atom is 0.00747 e. The zero-order valence-electron chi connectivity index (χ0n) is 11.1. The molecule has 0 amide bonds. The molecule has 3 atom stereocenters. The summed E-state index contributed by atoms with van der Waals surface area (Å²) < 4.78 is 0. The Bertz CT molecular complexity index is 186. The van der Waals surface area contributed by atoms with E-state index in [0.29, 0.717) is 11.5 Å². The van der Waals surface area contributed by atoms with Crippen LogP contribution in [0.15, 0.2) is 0 Å². The molecular weight excluding hydrogens is 182 g/mol. The fraction of sp³-hybridized carbons (Fsp3) is 1.00. The summed E-state index contributed by atoms with van der Waals surface area (Å²) in [6.07, 6.45) is 7.96. The van der Waals surface area contributed by atoms with Crippen LogP contribution in [-0.2, 0) is 0 Å². The summed E-state index contributed by atoms with van der Waals surface area (Å²) >= 11 is 0. The van der Waals surface area contributed by atoms with Crippen molar-refractivity contribution in [3.63, 3.8) is 0 Å². The smallest absolute Gasteiger partial charge is 0.00747 e. The van der Waals surface area contributed by atoms with Gasteiger partial charge in [0.25, 0.3) is 0 Å². The summed E-state index contributed by atoms with van der Waals surface area (Å²) in [6, 6.07) is 0.434. The molecule has 0 bridgehead atoms. The molecule has 90 valence electrons. The maximum absolute atomic E-state index is 6.39. The highest BCUT2D eigenvalue weighted by Crippen LogP contribution is 2.44. The highest BCUT2D eigenvalue weighted by molar-refractivity contribution is 4.91. The molecule has 1 aliphatic rings. The van der Waals surface area contributed by atoms with Crippen LogP contribution in [0, 0.1) is 17.3 Å². The van der Waals surface area contributed by atoms with Crippen LogP contribution < -0.4 is 5.73 Å². The van der Waals surface area contributed by atoms with Crippen LogP contribution in [0.25, 0.3) is 0 Å². The molecule has 15 heavy (non-hydrogen) atoms. The van der Waals surface area contributed by atoms with Gasteiger partial charge in [0.05, 0.1) is 0 Å². The first-order chi connectivity index (χ1) is 6.97. The van der Waals surface area contributed by atoms with E-state index >= 15 is 0 Å². The lowest BCUT2D eigenvalue weighted by Gasteiger charge is -2.33. The quantitative estimate of drug-likeness (QED) is 0.731. The standard InChI is InChI=1S/C14H29N/c1-5-7-11(2)10-13(15)12-8-6-9-14(12,3)4/h11-13H,5-10,15H2,1-4H3. The van der Waals surface area contributed by atoms with Gasteiger partial charge in [-0.05, 0) is 36.5 Å². The molecule has 0 spiro atoms. The van der Waals surface area contributed by atoms with Crippen molar-refractivity contribution in [2.75, 3.05) is 0 Å². The van der Waals surface area contributed by atoms with Crippen molar-refractivity contribution in [2.24, 2.45) is 23.0 Å². The predicted octanol–water partition coefficient (Wildman–Crippen LogP) is 3.97. The first kappa shape index (κ1) is 13.0. The molecule has 0 aromatic carbocycles. The molecule has 3 unspecified atom stereocenters. The van der Waals surface area contributed by atoms with E-state index in [1.54, 1.807) is 0 Å². The van der Waals surface area contributed by atoms with Crippen LogP contribution in [0.1, 0.15) is 66.2 Å². The van der Waals surface area contributed by atoms with E-state index in [1.807, 2.05) is 0 Å². The first-order valence-corrected chi connectivity index (χ1v) is 6.73. The Hall–Kier alpha value is -0.0400. The van der Waals surface area contributed by atoms with Crippen LogP contribution in [0.3, 0.4) is 0 Å². The second-order valence-electron chi connectivity index (χ2n) is 6.28. The van der Waals surface area contributed by atoms with Crippen molar-refractivity contribution in [1.29, 1.82) is 0 Å². The molecule has 1 saturated carbocycles. The lowest BCUT2D eigenvalue weighted by Crippen LogP contribution is -2.37. The highest BCUT2D eigenvalue weighted by atomic mass is 14.7. The van der Waals surface area contributed by atoms with E-state index in [9.17, 15) is 0 Å². The third kappa shape index (κ3) is 3.48. The number of rotatable bonds is 5. The molecule has 0 aromatic heterocycles. The average Bonchev–Trinajstić information content (AvgIpc) is 2.45. The zero-order valence-corrected chi connectivity index (χ0v) is 11.1. The fourth-order valence-corrected chi connectivity index (χ4v) is 3.39. The van der Waals surface area contributed by atoms with Gasteiger partial charge in [-0.15, -0.1) is 0 Å². The molecule has 1 heteroatoms. The van der Waals surface area contributed by atoms with Crippen LogP contribution in [-0.4, -0.2) is 6.04 Å². The second-order valence-corrected chi connectivity index (χ2v) is 6.28. The van der Waals surface area contributed by atoms with E-state index < -0.39 is 0 Å². The van der Waals surface area contributed by atoms with Crippen molar-refractivity contribution < 1.29 is 0 Å². The van der Waals surface area contributed by atoms with Crippen LogP contribution in [0.5, 0.6) is 0 Å². The summed E-state index contributed by atoms with van der Waals surface area (Å²) in [7, 11) is 0.